The third-order valence-electron chi connectivity index (χ3n) is 3.08. The second kappa shape index (κ2) is 6.68. The van der Waals surface area contributed by atoms with Crippen LogP contribution in [0.2, 0.25) is 0 Å². The summed E-state index contributed by atoms with van der Waals surface area (Å²) >= 11 is 5.28. The molecule has 0 aliphatic carbocycles. The van der Waals surface area contributed by atoms with Crippen LogP contribution in [0.5, 0.6) is 0 Å². The van der Waals surface area contributed by atoms with E-state index in [1.165, 1.54) is 8.66 Å². The Kier molecular flexibility index (Phi) is 5.19. The Bertz CT molecular complexity index is 518. The van der Waals surface area contributed by atoms with Crippen LogP contribution in [-0.4, -0.2) is 9.55 Å². The third-order valence-corrected chi connectivity index (χ3v) is 4.76. The fourth-order valence-electron chi connectivity index (χ4n) is 2.17. The smallest absolute Gasteiger partial charge is 0.0948 e. The zero-order valence-electron chi connectivity index (χ0n) is 11.3. The van der Waals surface area contributed by atoms with Crippen molar-refractivity contribution in [1.82, 2.24) is 9.55 Å². The Balaban J connectivity index is 1.99. The number of nitrogens with zero attached hydrogens (tertiary/aromatic N) is 2. The van der Waals surface area contributed by atoms with Gasteiger partial charge in [0.25, 0.3) is 0 Å². The third kappa shape index (κ3) is 4.16. The average Bonchev–Trinajstić information content (AvgIpc) is 2.93. The highest BCUT2D eigenvalue weighted by Gasteiger charge is 2.13. The van der Waals surface area contributed by atoms with E-state index in [4.69, 9.17) is 5.73 Å². The minimum Gasteiger partial charge on any atom is -0.333 e. The largest absolute Gasteiger partial charge is 0.333 e. The van der Waals surface area contributed by atoms with Crippen LogP contribution in [0.3, 0.4) is 0 Å². The lowest BCUT2D eigenvalue weighted by atomic mass is 10.0. The second-order valence-corrected chi connectivity index (χ2v) is 7.75. The van der Waals surface area contributed by atoms with Crippen molar-refractivity contribution in [3.8, 4) is 0 Å². The van der Waals surface area contributed by atoms with E-state index in [9.17, 15) is 0 Å². The van der Waals surface area contributed by atoms with Gasteiger partial charge in [-0.15, -0.1) is 11.3 Å². The molecule has 0 aromatic carbocycles. The molecule has 104 valence electrons. The number of aryl methyl sites for hydroxylation is 2. The molecule has 5 heteroatoms. The zero-order valence-corrected chi connectivity index (χ0v) is 13.7. The van der Waals surface area contributed by atoms with Crippen LogP contribution in [0, 0.1) is 5.92 Å². The van der Waals surface area contributed by atoms with Gasteiger partial charge < -0.3 is 10.3 Å². The number of hydrogen-bond donors (Lipinski definition) is 1. The molecule has 0 spiro atoms. The van der Waals surface area contributed by atoms with Crippen molar-refractivity contribution in [2.75, 3.05) is 0 Å². The van der Waals surface area contributed by atoms with E-state index in [1.807, 2.05) is 12.5 Å². The van der Waals surface area contributed by atoms with Crippen LogP contribution in [0.1, 0.15) is 36.9 Å². The zero-order chi connectivity index (χ0) is 13.8. The number of halogens is 1. The molecule has 2 N–H and O–H groups in total. The van der Waals surface area contributed by atoms with Crippen LogP contribution in [0.15, 0.2) is 28.4 Å². The van der Waals surface area contributed by atoms with Crippen LogP contribution in [0.25, 0.3) is 0 Å². The quantitative estimate of drug-likeness (QED) is 0.862. The summed E-state index contributed by atoms with van der Waals surface area (Å²) in [6.07, 6.45) is 5.81. The molecule has 0 saturated carbocycles. The first-order chi connectivity index (χ1) is 9.06. The van der Waals surface area contributed by atoms with Gasteiger partial charge >= 0.3 is 0 Å². The molecule has 2 aromatic rings. The first-order valence-electron chi connectivity index (χ1n) is 6.56. The van der Waals surface area contributed by atoms with Gasteiger partial charge in [0.05, 0.1) is 15.8 Å². The van der Waals surface area contributed by atoms with Crippen molar-refractivity contribution >= 4 is 27.3 Å². The maximum Gasteiger partial charge on any atom is 0.0948 e. The molecule has 2 rings (SSSR count). The van der Waals surface area contributed by atoms with Crippen molar-refractivity contribution in [2.24, 2.45) is 11.7 Å². The molecular weight excluding hydrogens is 322 g/mol. The average molecular weight is 342 g/mol. The lowest BCUT2D eigenvalue weighted by Crippen LogP contribution is -2.17. The molecule has 3 nitrogen and oxygen atoms in total. The Morgan fingerprint density at radius 2 is 2.21 bits per heavy atom. The minimum absolute atomic E-state index is 0.0811. The van der Waals surface area contributed by atoms with Crippen LogP contribution in [0.4, 0.5) is 0 Å². The first kappa shape index (κ1) is 14.8. The monoisotopic (exact) mass is 341 g/mol. The van der Waals surface area contributed by atoms with Crippen molar-refractivity contribution in [3.63, 3.8) is 0 Å². The Morgan fingerprint density at radius 3 is 2.84 bits per heavy atom. The van der Waals surface area contributed by atoms with Crippen molar-refractivity contribution in [2.45, 2.75) is 39.3 Å². The van der Waals surface area contributed by atoms with Gasteiger partial charge in [-0.25, -0.2) is 4.98 Å². The van der Waals surface area contributed by atoms with E-state index < -0.39 is 0 Å². The number of thiophene rings is 1. The highest BCUT2D eigenvalue weighted by atomic mass is 79.9. The van der Waals surface area contributed by atoms with Crippen LogP contribution < -0.4 is 5.73 Å². The first-order valence-corrected chi connectivity index (χ1v) is 8.17. The van der Waals surface area contributed by atoms with Crippen LogP contribution in [-0.2, 0) is 13.0 Å². The van der Waals surface area contributed by atoms with E-state index in [0.29, 0.717) is 5.92 Å². The highest BCUT2D eigenvalue weighted by Crippen LogP contribution is 2.23. The van der Waals surface area contributed by atoms with Gasteiger partial charge in [-0.1, -0.05) is 13.8 Å². The molecule has 0 amide bonds. The number of imidazole rings is 1. The van der Waals surface area contributed by atoms with E-state index >= 15 is 0 Å². The maximum absolute atomic E-state index is 6.25. The summed E-state index contributed by atoms with van der Waals surface area (Å²) < 4.78 is 3.37. The number of rotatable bonds is 6. The number of hydrogen-bond acceptors (Lipinski definition) is 3. The summed E-state index contributed by atoms with van der Waals surface area (Å²) in [4.78, 5) is 5.62. The Labute approximate surface area is 127 Å². The molecule has 0 fully saturated rings. The van der Waals surface area contributed by atoms with E-state index in [2.05, 4.69) is 51.5 Å². The number of nitrogens with two attached hydrogens (primary N) is 1. The predicted molar refractivity (Wildman–Crippen MR) is 84.3 cm³/mol. The Morgan fingerprint density at radius 1 is 1.42 bits per heavy atom. The molecule has 1 atom stereocenters. The molecule has 2 heterocycles. The van der Waals surface area contributed by atoms with E-state index in [0.717, 1.165) is 25.1 Å². The molecular formula is C14H20BrN3S. The fourth-order valence-corrected chi connectivity index (χ4v) is 3.64. The van der Waals surface area contributed by atoms with Crippen LogP contribution >= 0.6 is 27.3 Å². The molecule has 1 unspecified atom stereocenters. The molecule has 0 saturated heterocycles. The summed E-state index contributed by atoms with van der Waals surface area (Å²) in [5, 5.41) is 0. The van der Waals surface area contributed by atoms with Gasteiger partial charge in [0, 0.05) is 23.7 Å². The Hall–Kier alpha value is -0.650. The number of aromatic nitrogens is 2. The second-order valence-electron chi connectivity index (χ2n) is 5.20. The summed E-state index contributed by atoms with van der Waals surface area (Å²) in [5.41, 5.74) is 7.39. The maximum atomic E-state index is 6.25. The molecule has 0 aliphatic heterocycles. The van der Waals surface area contributed by atoms with Crippen molar-refractivity contribution < 1.29 is 0 Å². The van der Waals surface area contributed by atoms with Crippen molar-refractivity contribution in [3.05, 3.63) is 39.0 Å². The van der Waals surface area contributed by atoms with Gasteiger partial charge in [0.15, 0.2) is 0 Å². The summed E-state index contributed by atoms with van der Waals surface area (Å²) in [5.74, 6) is 0.603. The summed E-state index contributed by atoms with van der Waals surface area (Å²) in [6, 6.07) is 4.34. The van der Waals surface area contributed by atoms with Gasteiger partial charge in [-0.05, 0) is 46.8 Å². The fraction of sp³-hybridized carbons (Fsp3) is 0.500. The minimum atomic E-state index is 0.0811. The van der Waals surface area contributed by atoms with Gasteiger partial charge in [-0.2, -0.15) is 0 Å². The summed E-state index contributed by atoms with van der Waals surface area (Å²) in [6.45, 7) is 5.33. The van der Waals surface area contributed by atoms with Gasteiger partial charge in [-0.3, -0.25) is 0 Å². The molecule has 2 aromatic heterocycles. The molecule has 19 heavy (non-hydrogen) atoms. The topological polar surface area (TPSA) is 43.8 Å². The van der Waals surface area contributed by atoms with E-state index in [-0.39, 0.29) is 6.04 Å². The summed E-state index contributed by atoms with van der Waals surface area (Å²) in [7, 11) is 0. The predicted octanol–water partition coefficient (Wildman–Crippen LogP) is 4.00. The van der Waals surface area contributed by atoms with Gasteiger partial charge in [0.1, 0.15) is 0 Å². The van der Waals surface area contributed by atoms with Crippen molar-refractivity contribution in [1.29, 1.82) is 0 Å². The SMILES string of the molecule is CC(C)CC(N)c1cncn1CCc1ccc(Br)s1. The normalized spacial score (nSPS) is 13.1. The highest BCUT2D eigenvalue weighted by molar-refractivity contribution is 9.11. The molecule has 0 aliphatic rings. The van der Waals surface area contributed by atoms with Gasteiger partial charge in [0.2, 0.25) is 0 Å². The standard InChI is InChI=1S/C14H20BrN3S/c1-10(2)7-12(16)13-8-17-9-18(13)6-5-11-3-4-14(15)19-11/h3-4,8-10,12H,5-7,16H2,1-2H3. The lowest BCUT2D eigenvalue weighted by molar-refractivity contribution is 0.483. The molecule has 0 radical (unpaired) electrons. The molecule has 0 bridgehead atoms. The lowest BCUT2D eigenvalue weighted by Gasteiger charge is -2.16. The van der Waals surface area contributed by atoms with E-state index in [1.54, 1.807) is 11.3 Å².